The molecule has 0 aliphatic heterocycles. The molecule has 86 valence electrons. The first-order valence-electron chi connectivity index (χ1n) is 4.84. The van der Waals surface area contributed by atoms with E-state index in [9.17, 15) is 4.79 Å². The van der Waals surface area contributed by atoms with E-state index in [4.69, 9.17) is 11.6 Å². The Hall–Kier alpha value is -2.14. The number of aromatic nitrogens is 2. The first kappa shape index (κ1) is 11.3. The summed E-state index contributed by atoms with van der Waals surface area (Å²) in [7, 11) is 0. The Morgan fingerprint density at radius 2 is 1.82 bits per heavy atom. The second-order valence-electron chi connectivity index (χ2n) is 3.15. The standard InChI is InChI=1S/C11H9ClN4O/c12-8-4-6-14-10(7-8)16-11(17)15-9-3-1-2-5-13-9/h1-7H,(H2,13,14,15,16,17). The van der Waals surface area contributed by atoms with Crippen molar-refractivity contribution in [3.05, 3.63) is 47.7 Å². The van der Waals surface area contributed by atoms with Gasteiger partial charge in [0.25, 0.3) is 0 Å². The highest BCUT2D eigenvalue weighted by Crippen LogP contribution is 2.12. The number of hydrogen-bond donors (Lipinski definition) is 2. The smallest absolute Gasteiger partial charge is 0.292 e. The molecule has 0 saturated heterocycles. The van der Waals surface area contributed by atoms with Gasteiger partial charge in [-0.1, -0.05) is 17.7 Å². The van der Waals surface area contributed by atoms with E-state index < -0.39 is 6.03 Å². The number of carbonyl (C=O) groups is 1. The molecule has 17 heavy (non-hydrogen) atoms. The van der Waals surface area contributed by atoms with Crippen LogP contribution in [0.2, 0.25) is 5.02 Å². The van der Waals surface area contributed by atoms with Crippen molar-refractivity contribution in [1.29, 1.82) is 0 Å². The zero-order valence-corrected chi connectivity index (χ0v) is 9.48. The van der Waals surface area contributed by atoms with Gasteiger partial charge >= 0.3 is 6.03 Å². The lowest BCUT2D eigenvalue weighted by atomic mass is 10.4. The van der Waals surface area contributed by atoms with Gasteiger partial charge in [-0.3, -0.25) is 10.6 Å². The van der Waals surface area contributed by atoms with E-state index in [1.54, 1.807) is 36.5 Å². The van der Waals surface area contributed by atoms with E-state index in [1.165, 1.54) is 6.20 Å². The number of halogens is 1. The summed E-state index contributed by atoms with van der Waals surface area (Å²) >= 11 is 5.76. The van der Waals surface area contributed by atoms with Crippen LogP contribution in [-0.4, -0.2) is 16.0 Å². The summed E-state index contributed by atoms with van der Waals surface area (Å²) in [5.74, 6) is 0.845. The Kier molecular flexibility index (Phi) is 3.52. The molecule has 0 bridgehead atoms. The van der Waals surface area contributed by atoms with Crippen LogP contribution in [-0.2, 0) is 0 Å². The molecule has 0 radical (unpaired) electrons. The van der Waals surface area contributed by atoms with Crippen LogP contribution in [0.4, 0.5) is 16.4 Å². The SMILES string of the molecule is O=C(Nc1ccccn1)Nc1cc(Cl)ccn1. The third-order valence-corrected chi connectivity index (χ3v) is 2.11. The molecule has 5 nitrogen and oxygen atoms in total. The molecule has 2 N–H and O–H groups in total. The van der Waals surface area contributed by atoms with Crippen LogP contribution in [0.5, 0.6) is 0 Å². The Balaban J connectivity index is 1.98. The van der Waals surface area contributed by atoms with Gasteiger partial charge in [0, 0.05) is 17.4 Å². The molecular weight excluding hydrogens is 240 g/mol. The van der Waals surface area contributed by atoms with Gasteiger partial charge in [-0.15, -0.1) is 0 Å². The van der Waals surface area contributed by atoms with E-state index in [2.05, 4.69) is 20.6 Å². The van der Waals surface area contributed by atoms with Crippen LogP contribution < -0.4 is 10.6 Å². The molecule has 0 spiro atoms. The lowest BCUT2D eigenvalue weighted by molar-refractivity contribution is 0.262. The summed E-state index contributed by atoms with van der Waals surface area (Å²) in [5, 5.41) is 5.62. The summed E-state index contributed by atoms with van der Waals surface area (Å²) in [6.07, 6.45) is 3.10. The second-order valence-corrected chi connectivity index (χ2v) is 3.59. The highest BCUT2D eigenvalue weighted by molar-refractivity contribution is 6.30. The van der Waals surface area contributed by atoms with Crippen LogP contribution in [0.25, 0.3) is 0 Å². The maximum absolute atomic E-state index is 11.5. The molecule has 0 unspecified atom stereocenters. The van der Waals surface area contributed by atoms with Gasteiger partial charge in [0.15, 0.2) is 0 Å². The van der Waals surface area contributed by atoms with Gasteiger partial charge in [0.1, 0.15) is 11.6 Å². The third-order valence-electron chi connectivity index (χ3n) is 1.87. The van der Waals surface area contributed by atoms with E-state index in [-0.39, 0.29) is 0 Å². The van der Waals surface area contributed by atoms with Crippen molar-refractivity contribution in [2.24, 2.45) is 0 Å². The lowest BCUT2D eigenvalue weighted by Gasteiger charge is -2.05. The summed E-state index contributed by atoms with van der Waals surface area (Å²) in [5.41, 5.74) is 0. The molecule has 0 aromatic carbocycles. The quantitative estimate of drug-likeness (QED) is 0.859. The first-order chi connectivity index (χ1) is 8.24. The Morgan fingerprint density at radius 3 is 2.53 bits per heavy atom. The number of hydrogen-bond acceptors (Lipinski definition) is 3. The Morgan fingerprint density at radius 1 is 1.06 bits per heavy atom. The van der Waals surface area contributed by atoms with E-state index in [0.29, 0.717) is 16.7 Å². The molecule has 0 aliphatic rings. The van der Waals surface area contributed by atoms with Crippen LogP contribution in [0, 0.1) is 0 Å². The first-order valence-corrected chi connectivity index (χ1v) is 5.22. The van der Waals surface area contributed by atoms with E-state index in [1.807, 2.05) is 0 Å². The topological polar surface area (TPSA) is 66.9 Å². The number of anilines is 2. The van der Waals surface area contributed by atoms with Gasteiger partial charge in [-0.05, 0) is 24.3 Å². The summed E-state index contributed by atoms with van der Waals surface area (Å²) in [6.45, 7) is 0. The molecule has 0 aliphatic carbocycles. The lowest BCUT2D eigenvalue weighted by Crippen LogP contribution is -2.20. The zero-order valence-electron chi connectivity index (χ0n) is 8.72. The average Bonchev–Trinajstić information content (AvgIpc) is 2.30. The van der Waals surface area contributed by atoms with Crippen LogP contribution in [0.1, 0.15) is 0 Å². The molecule has 0 fully saturated rings. The largest absolute Gasteiger partial charge is 0.326 e. The van der Waals surface area contributed by atoms with Crippen molar-refractivity contribution >= 4 is 29.3 Å². The van der Waals surface area contributed by atoms with Crippen molar-refractivity contribution in [2.45, 2.75) is 0 Å². The molecule has 2 amide bonds. The maximum Gasteiger partial charge on any atom is 0.326 e. The molecule has 0 saturated carbocycles. The number of urea groups is 1. The molecular formula is C11H9ClN4O. The third kappa shape index (κ3) is 3.42. The monoisotopic (exact) mass is 248 g/mol. The maximum atomic E-state index is 11.5. The highest BCUT2D eigenvalue weighted by Gasteiger charge is 2.03. The molecule has 6 heteroatoms. The zero-order chi connectivity index (χ0) is 12.1. The fourth-order valence-corrected chi connectivity index (χ4v) is 1.33. The van der Waals surface area contributed by atoms with E-state index >= 15 is 0 Å². The van der Waals surface area contributed by atoms with Gasteiger partial charge in [-0.2, -0.15) is 0 Å². The van der Waals surface area contributed by atoms with Crippen molar-refractivity contribution < 1.29 is 4.79 Å². The molecule has 2 aromatic heterocycles. The second kappa shape index (κ2) is 5.27. The van der Waals surface area contributed by atoms with Crippen molar-refractivity contribution in [3.8, 4) is 0 Å². The Labute approximate surface area is 103 Å². The van der Waals surface area contributed by atoms with Gasteiger partial charge < -0.3 is 0 Å². The predicted molar refractivity (Wildman–Crippen MR) is 66.1 cm³/mol. The number of nitrogens with one attached hydrogen (secondary N) is 2. The molecule has 0 atom stereocenters. The number of pyridine rings is 2. The van der Waals surface area contributed by atoms with Crippen LogP contribution in [0.15, 0.2) is 42.7 Å². The van der Waals surface area contributed by atoms with Gasteiger partial charge in [-0.25, -0.2) is 14.8 Å². The minimum absolute atomic E-state index is 0.380. The van der Waals surface area contributed by atoms with Gasteiger partial charge in [0.05, 0.1) is 0 Å². The van der Waals surface area contributed by atoms with Crippen molar-refractivity contribution in [3.63, 3.8) is 0 Å². The van der Waals surface area contributed by atoms with Crippen molar-refractivity contribution in [2.75, 3.05) is 10.6 Å². The highest BCUT2D eigenvalue weighted by atomic mass is 35.5. The number of amides is 2. The summed E-state index contributed by atoms with van der Waals surface area (Å²) in [6, 6.07) is 7.99. The van der Waals surface area contributed by atoms with Crippen LogP contribution in [0.3, 0.4) is 0 Å². The fourth-order valence-electron chi connectivity index (χ4n) is 1.17. The molecule has 2 aromatic rings. The summed E-state index contributed by atoms with van der Waals surface area (Å²) in [4.78, 5) is 19.5. The van der Waals surface area contributed by atoms with Gasteiger partial charge in [0.2, 0.25) is 0 Å². The van der Waals surface area contributed by atoms with Crippen molar-refractivity contribution in [1.82, 2.24) is 9.97 Å². The summed E-state index contributed by atoms with van der Waals surface area (Å²) < 4.78 is 0. The molecule has 2 rings (SSSR count). The average molecular weight is 249 g/mol. The Bertz CT molecular complexity index is 518. The number of carbonyl (C=O) groups excluding carboxylic acids is 1. The normalized spacial score (nSPS) is 9.71. The molecule has 2 heterocycles. The minimum atomic E-state index is -0.418. The number of nitrogens with zero attached hydrogens (tertiary/aromatic N) is 2. The van der Waals surface area contributed by atoms with Crippen LogP contribution >= 0.6 is 11.6 Å². The van der Waals surface area contributed by atoms with E-state index in [0.717, 1.165) is 0 Å². The number of rotatable bonds is 2. The predicted octanol–water partition coefficient (Wildman–Crippen LogP) is 2.77. The fraction of sp³-hybridized carbons (Fsp3) is 0. The minimum Gasteiger partial charge on any atom is -0.292 e.